The monoisotopic (exact) mass is 538 g/mol. The van der Waals surface area contributed by atoms with Crippen LogP contribution in [0.5, 0.6) is 0 Å². The minimum Gasteiger partial charge on any atom is -0.441 e. The number of hydrogen-bond acceptors (Lipinski definition) is 8. The fourth-order valence-corrected chi connectivity index (χ4v) is 4.41. The highest BCUT2D eigenvalue weighted by Gasteiger charge is 2.44. The molecule has 1 aromatic carbocycles. The number of carbonyl (C=O) groups excluding carboxylic acids is 2. The van der Waals surface area contributed by atoms with Gasteiger partial charge in [0.25, 0.3) is 11.8 Å². The van der Waals surface area contributed by atoms with Crippen LogP contribution in [0.15, 0.2) is 42.0 Å². The molecule has 3 atom stereocenters. The quantitative estimate of drug-likeness (QED) is 0.186. The second kappa shape index (κ2) is 12.2. The van der Waals surface area contributed by atoms with Gasteiger partial charge in [0.2, 0.25) is 0 Å². The summed E-state index contributed by atoms with van der Waals surface area (Å²) in [7, 11) is -2.19. The number of ether oxygens (including phenoxy) is 1. The van der Waals surface area contributed by atoms with Crippen molar-refractivity contribution in [3.8, 4) is 6.07 Å². The topological polar surface area (TPSA) is 135 Å². The van der Waals surface area contributed by atoms with Gasteiger partial charge < -0.3 is 24.3 Å². The van der Waals surface area contributed by atoms with Crippen molar-refractivity contribution in [1.82, 2.24) is 15.1 Å². The van der Waals surface area contributed by atoms with Crippen LogP contribution in [0.2, 0.25) is 0 Å². The Morgan fingerprint density at radius 2 is 2.00 bits per heavy atom. The molecule has 10 nitrogen and oxygen atoms in total. The van der Waals surface area contributed by atoms with Crippen LogP contribution >= 0.6 is 0 Å². The molecule has 2 amide bonds. The molecule has 3 N–H and O–H groups in total. The normalized spacial score (nSPS) is 22.6. The van der Waals surface area contributed by atoms with Crippen LogP contribution in [0.25, 0.3) is 0 Å². The van der Waals surface area contributed by atoms with Crippen LogP contribution in [-0.4, -0.2) is 95.3 Å². The highest BCUT2D eigenvalue weighted by atomic mass is 19.3. The Balaban J connectivity index is 1.61. The zero-order valence-corrected chi connectivity index (χ0v) is 21.0. The average Bonchev–Trinajstić information content (AvgIpc) is 3.39. The minimum absolute atomic E-state index is 0.0525. The van der Waals surface area contributed by atoms with Gasteiger partial charge >= 0.3 is 13.4 Å². The summed E-state index contributed by atoms with van der Waals surface area (Å²) in [6.07, 6.45) is -4.43. The van der Waals surface area contributed by atoms with Gasteiger partial charge in [-0.3, -0.25) is 15.0 Å². The van der Waals surface area contributed by atoms with Crippen molar-refractivity contribution in [2.24, 2.45) is 0 Å². The van der Waals surface area contributed by atoms with E-state index >= 15 is 0 Å². The Morgan fingerprint density at radius 3 is 2.58 bits per heavy atom. The van der Waals surface area contributed by atoms with Crippen LogP contribution in [-0.2, 0) is 20.6 Å². The molecule has 2 heterocycles. The third-order valence-corrected chi connectivity index (χ3v) is 6.41. The lowest BCUT2D eigenvalue weighted by Gasteiger charge is -2.33. The minimum atomic E-state index is -2.86. The van der Waals surface area contributed by atoms with E-state index in [-0.39, 0.29) is 31.5 Å². The summed E-state index contributed by atoms with van der Waals surface area (Å²) < 4.78 is 52.0. The molecule has 2 fully saturated rings. The van der Waals surface area contributed by atoms with E-state index in [2.05, 4.69) is 5.32 Å². The van der Waals surface area contributed by atoms with Gasteiger partial charge in [-0.15, -0.1) is 0 Å². The van der Waals surface area contributed by atoms with Crippen LogP contribution in [0, 0.1) is 11.3 Å². The van der Waals surface area contributed by atoms with Crippen molar-refractivity contribution in [2.75, 3.05) is 26.2 Å². The molecule has 3 rings (SSSR count). The van der Waals surface area contributed by atoms with Gasteiger partial charge in [0.1, 0.15) is 17.9 Å². The van der Waals surface area contributed by atoms with Gasteiger partial charge in [-0.05, 0) is 25.5 Å². The second-order valence-electron chi connectivity index (χ2n) is 9.81. The third kappa shape index (κ3) is 7.94. The summed E-state index contributed by atoms with van der Waals surface area (Å²) in [5.74, 6) is -3.67. The second-order valence-corrected chi connectivity index (χ2v) is 9.81. The Kier molecular flexibility index (Phi) is 9.42. The smallest absolute Gasteiger partial charge is 0.441 e. The first-order chi connectivity index (χ1) is 17.8. The number of halogens is 3. The first kappa shape index (κ1) is 29.4. The van der Waals surface area contributed by atoms with Crippen molar-refractivity contribution in [1.29, 1.82) is 5.26 Å². The number of benzene rings is 1. The molecule has 206 valence electrons. The number of alkyl carbamates (subject to hydrolysis) is 1. The molecule has 0 spiro atoms. The van der Waals surface area contributed by atoms with Gasteiger partial charge in [0, 0.05) is 24.9 Å². The van der Waals surface area contributed by atoms with Crippen LogP contribution in [0.1, 0.15) is 25.8 Å². The fourth-order valence-electron chi connectivity index (χ4n) is 4.41. The predicted octanol–water partition coefficient (Wildman–Crippen LogP) is 1.39. The number of hydrogen-bond donors (Lipinski definition) is 3. The van der Waals surface area contributed by atoms with E-state index in [9.17, 15) is 28.0 Å². The highest BCUT2D eigenvalue weighted by Crippen LogP contribution is 2.33. The van der Waals surface area contributed by atoms with Gasteiger partial charge in [-0.2, -0.15) is 5.26 Å². The zero-order chi connectivity index (χ0) is 28.1. The maximum atomic E-state index is 14.7. The van der Waals surface area contributed by atoms with Crippen LogP contribution in [0.3, 0.4) is 0 Å². The van der Waals surface area contributed by atoms with Gasteiger partial charge in [0.05, 0.1) is 19.6 Å². The van der Waals surface area contributed by atoms with E-state index in [0.717, 1.165) is 4.90 Å². The van der Waals surface area contributed by atoms with Crippen molar-refractivity contribution in [3.63, 3.8) is 0 Å². The van der Waals surface area contributed by atoms with E-state index < -0.39 is 62.4 Å². The molecular weight excluding hydrogens is 508 g/mol. The molecule has 14 heteroatoms. The zero-order valence-electron chi connectivity index (χ0n) is 21.0. The molecule has 1 aromatic rings. The number of carbonyl (C=O) groups is 2. The molecule has 0 saturated carbocycles. The lowest BCUT2D eigenvalue weighted by atomic mass is 9.99. The number of nitrogens with one attached hydrogen (secondary N) is 1. The number of alkyl halides is 3. The molecule has 2 aliphatic heterocycles. The van der Waals surface area contributed by atoms with Crippen LogP contribution in [0.4, 0.5) is 18.0 Å². The number of nitrogens with zero attached hydrogens (tertiary/aromatic N) is 3. The summed E-state index contributed by atoms with van der Waals surface area (Å²) in [6.45, 7) is 2.00. The van der Waals surface area contributed by atoms with Gasteiger partial charge in [-0.1, -0.05) is 30.3 Å². The third-order valence-electron chi connectivity index (χ3n) is 6.41. The summed E-state index contributed by atoms with van der Waals surface area (Å²) in [6, 6.07) is 10.5. The molecule has 0 radical (unpaired) electrons. The van der Waals surface area contributed by atoms with Gasteiger partial charge in [0.15, 0.2) is 12.3 Å². The summed E-state index contributed by atoms with van der Waals surface area (Å²) in [5.41, 5.74) is -0.664. The summed E-state index contributed by atoms with van der Waals surface area (Å²) >= 11 is 0. The van der Waals surface area contributed by atoms with E-state index in [1.54, 1.807) is 50.2 Å². The van der Waals surface area contributed by atoms with E-state index in [4.69, 9.17) is 19.4 Å². The Labute approximate surface area is 218 Å². The highest BCUT2D eigenvalue weighted by molar-refractivity contribution is 6.32. The lowest BCUT2D eigenvalue weighted by molar-refractivity contribution is -0.126. The number of rotatable bonds is 9. The van der Waals surface area contributed by atoms with Crippen molar-refractivity contribution in [3.05, 3.63) is 47.5 Å². The van der Waals surface area contributed by atoms with E-state index in [0.29, 0.717) is 5.56 Å². The lowest BCUT2D eigenvalue weighted by Crippen LogP contribution is -2.44. The Morgan fingerprint density at radius 1 is 1.32 bits per heavy atom. The average molecular weight is 538 g/mol. The van der Waals surface area contributed by atoms with E-state index in [1.165, 1.54) is 11.0 Å². The molecule has 2 aliphatic rings. The molecule has 0 aromatic heterocycles. The largest absolute Gasteiger partial charge is 0.635 e. The SMILES string of the molecule is CC(C)(C=C(C#N)C(=O)N1C[C@H](F)[C@H](OC(=O)N[C@@H](Cc2ccccc2)OB(O)O)C1)N1CCC(F)(F)C1. The van der Waals surface area contributed by atoms with Gasteiger partial charge in [-0.25, -0.2) is 18.0 Å². The predicted molar refractivity (Wildman–Crippen MR) is 129 cm³/mol. The van der Waals surface area contributed by atoms with E-state index in [1.807, 2.05) is 0 Å². The maximum Gasteiger partial charge on any atom is 0.635 e. The molecule has 38 heavy (non-hydrogen) atoms. The summed E-state index contributed by atoms with van der Waals surface area (Å²) in [5, 5.41) is 30.1. The van der Waals surface area contributed by atoms with Crippen molar-refractivity contribution < 1.29 is 42.2 Å². The van der Waals surface area contributed by atoms with Crippen molar-refractivity contribution >= 4 is 19.3 Å². The standard InChI is InChI=1S/C24H30BF3N4O6/c1-23(2,32-9-8-24(27,28)15-32)11-17(12-29)21(33)31-13-18(26)19(14-31)37-22(34)30-20(38-25(35)36)10-16-6-4-3-5-7-16/h3-7,11,18-20,35-36H,8-10,13-15H2,1-2H3,(H,30,34)/t18-,19+,20+/m0/s1. The molecule has 0 aliphatic carbocycles. The summed E-state index contributed by atoms with van der Waals surface area (Å²) in [4.78, 5) is 27.8. The molecule has 0 unspecified atom stereocenters. The Hall–Kier alpha value is -3.12. The first-order valence-corrected chi connectivity index (χ1v) is 12.0. The maximum absolute atomic E-state index is 14.7. The molecular formula is C24H30BF3N4O6. The first-order valence-electron chi connectivity index (χ1n) is 12.0. The number of amides is 2. The number of likely N-dealkylation sites (tertiary alicyclic amines) is 2. The molecule has 0 bridgehead atoms. The Bertz CT molecular complexity index is 1070. The number of nitriles is 1. The van der Waals surface area contributed by atoms with Crippen molar-refractivity contribution in [2.45, 2.75) is 56.7 Å². The fraction of sp³-hybridized carbons (Fsp3) is 0.542. The van der Waals surface area contributed by atoms with Crippen LogP contribution < -0.4 is 5.32 Å². The molecule has 2 saturated heterocycles.